The SMILES string of the molecule is c1ccc(-c2c3c(c(-c4ccccc4)n2-c2ccccc2)CC3)cc1. The van der Waals surface area contributed by atoms with Crippen LogP contribution in [-0.2, 0) is 12.8 Å². The highest BCUT2D eigenvalue weighted by atomic mass is 15.0. The topological polar surface area (TPSA) is 4.93 Å². The molecule has 1 nitrogen and oxygen atoms in total. The fourth-order valence-corrected chi connectivity index (χ4v) is 3.91. The second-order valence-electron chi connectivity index (χ2n) is 6.56. The van der Waals surface area contributed by atoms with Gasteiger partial charge < -0.3 is 4.57 Å². The molecule has 0 spiro atoms. The number of benzene rings is 3. The Morgan fingerprint density at radius 1 is 0.480 bits per heavy atom. The Kier molecular flexibility index (Phi) is 3.31. The standard InChI is InChI=1S/C24H19N/c1-4-10-18(11-5-1)23-21-16-17-22(21)24(19-12-6-2-7-13-19)25(23)20-14-8-3-9-15-20/h1-15H,16-17H2. The Bertz CT molecular complexity index is 947. The van der Waals surface area contributed by atoms with Crippen LogP contribution in [0.5, 0.6) is 0 Å². The Morgan fingerprint density at radius 3 is 1.28 bits per heavy atom. The van der Waals surface area contributed by atoms with Crippen molar-refractivity contribution in [2.75, 3.05) is 0 Å². The van der Waals surface area contributed by atoms with Crippen molar-refractivity contribution in [3.63, 3.8) is 0 Å². The molecule has 0 saturated carbocycles. The van der Waals surface area contributed by atoms with Crippen LogP contribution in [-0.4, -0.2) is 4.57 Å². The molecule has 0 bridgehead atoms. The van der Waals surface area contributed by atoms with Crippen molar-refractivity contribution in [3.8, 4) is 28.2 Å². The van der Waals surface area contributed by atoms with E-state index in [9.17, 15) is 0 Å². The summed E-state index contributed by atoms with van der Waals surface area (Å²) in [5.41, 5.74) is 9.55. The first-order valence-corrected chi connectivity index (χ1v) is 8.86. The van der Waals surface area contributed by atoms with E-state index in [0.29, 0.717) is 0 Å². The van der Waals surface area contributed by atoms with Crippen LogP contribution in [0.25, 0.3) is 28.2 Å². The molecule has 25 heavy (non-hydrogen) atoms. The molecule has 0 fully saturated rings. The number of fused-ring (bicyclic) bond motifs is 1. The van der Waals surface area contributed by atoms with Crippen molar-refractivity contribution in [2.45, 2.75) is 12.8 Å². The van der Waals surface area contributed by atoms with Gasteiger partial charge in [0.15, 0.2) is 0 Å². The fourth-order valence-electron chi connectivity index (χ4n) is 3.91. The van der Waals surface area contributed by atoms with Gasteiger partial charge in [0.05, 0.1) is 11.4 Å². The van der Waals surface area contributed by atoms with Gasteiger partial charge in [-0.2, -0.15) is 0 Å². The third-order valence-corrected chi connectivity index (χ3v) is 5.12. The quantitative estimate of drug-likeness (QED) is 0.442. The first-order valence-electron chi connectivity index (χ1n) is 8.86. The van der Waals surface area contributed by atoms with Gasteiger partial charge in [-0.15, -0.1) is 0 Å². The Morgan fingerprint density at radius 2 is 0.880 bits per heavy atom. The van der Waals surface area contributed by atoms with Crippen LogP contribution in [0.3, 0.4) is 0 Å². The molecular formula is C24H19N. The lowest BCUT2D eigenvalue weighted by molar-refractivity contribution is 0.857. The normalized spacial score (nSPS) is 12.5. The number of para-hydroxylation sites is 1. The van der Waals surface area contributed by atoms with Gasteiger partial charge in [-0.3, -0.25) is 0 Å². The van der Waals surface area contributed by atoms with Gasteiger partial charge in [-0.05, 0) is 47.2 Å². The van der Waals surface area contributed by atoms with Crippen molar-refractivity contribution >= 4 is 0 Å². The average Bonchev–Trinajstić information content (AvgIpc) is 2.91. The van der Waals surface area contributed by atoms with E-state index >= 15 is 0 Å². The second-order valence-corrected chi connectivity index (χ2v) is 6.56. The first kappa shape index (κ1) is 14.3. The lowest BCUT2D eigenvalue weighted by atomic mass is 9.86. The van der Waals surface area contributed by atoms with Gasteiger partial charge in [0.2, 0.25) is 0 Å². The van der Waals surface area contributed by atoms with Crippen LogP contribution in [0.15, 0.2) is 91.0 Å². The molecule has 1 heterocycles. The smallest absolute Gasteiger partial charge is 0.0569 e. The third-order valence-electron chi connectivity index (χ3n) is 5.12. The Hall–Kier alpha value is -3.06. The summed E-state index contributed by atoms with van der Waals surface area (Å²) < 4.78 is 2.46. The van der Waals surface area contributed by atoms with Crippen LogP contribution >= 0.6 is 0 Å². The van der Waals surface area contributed by atoms with Gasteiger partial charge >= 0.3 is 0 Å². The molecule has 120 valence electrons. The number of aromatic nitrogens is 1. The van der Waals surface area contributed by atoms with E-state index in [2.05, 4.69) is 95.6 Å². The summed E-state index contributed by atoms with van der Waals surface area (Å²) in [6.45, 7) is 0. The number of nitrogens with zero attached hydrogens (tertiary/aromatic N) is 1. The molecular weight excluding hydrogens is 302 g/mol. The van der Waals surface area contributed by atoms with Crippen molar-refractivity contribution in [1.29, 1.82) is 0 Å². The van der Waals surface area contributed by atoms with Crippen molar-refractivity contribution < 1.29 is 0 Å². The predicted octanol–water partition coefficient (Wildman–Crippen LogP) is 5.91. The summed E-state index contributed by atoms with van der Waals surface area (Å²) in [7, 11) is 0. The molecule has 0 N–H and O–H groups in total. The summed E-state index contributed by atoms with van der Waals surface area (Å²) in [5, 5.41) is 0. The molecule has 0 amide bonds. The molecule has 1 aliphatic carbocycles. The van der Waals surface area contributed by atoms with Crippen LogP contribution in [0.4, 0.5) is 0 Å². The van der Waals surface area contributed by atoms with Crippen LogP contribution in [0.2, 0.25) is 0 Å². The zero-order chi connectivity index (χ0) is 16.6. The Balaban J connectivity index is 1.87. The minimum absolute atomic E-state index is 1.17. The van der Waals surface area contributed by atoms with E-state index in [1.54, 1.807) is 0 Å². The van der Waals surface area contributed by atoms with Crippen molar-refractivity contribution in [3.05, 3.63) is 102 Å². The van der Waals surface area contributed by atoms with E-state index in [0.717, 1.165) is 0 Å². The van der Waals surface area contributed by atoms with Crippen LogP contribution in [0.1, 0.15) is 11.1 Å². The summed E-state index contributed by atoms with van der Waals surface area (Å²) in [5.74, 6) is 0. The van der Waals surface area contributed by atoms with E-state index in [-0.39, 0.29) is 0 Å². The molecule has 0 atom stereocenters. The zero-order valence-corrected chi connectivity index (χ0v) is 14.0. The molecule has 1 heteroatoms. The number of hydrogen-bond acceptors (Lipinski definition) is 0. The lowest BCUT2D eigenvalue weighted by Crippen LogP contribution is -2.06. The second kappa shape index (κ2) is 5.78. The molecule has 4 aromatic rings. The minimum Gasteiger partial charge on any atom is -0.309 e. The van der Waals surface area contributed by atoms with Gasteiger partial charge in [0.1, 0.15) is 0 Å². The maximum absolute atomic E-state index is 2.46. The molecule has 0 radical (unpaired) electrons. The maximum atomic E-state index is 2.46. The average molecular weight is 321 g/mol. The van der Waals surface area contributed by atoms with Gasteiger partial charge in [-0.25, -0.2) is 0 Å². The predicted molar refractivity (Wildman–Crippen MR) is 104 cm³/mol. The van der Waals surface area contributed by atoms with Gasteiger partial charge in [-0.1, -0.05) is 78.9 Å². The van der Waals surface area contributed by atoms with E-state index < -0.39 is 0 Å². The zero-order valence-electron chi connectivity index (χ0n) is 14.0. The summed E-state index contributed by atoms with van der Waals surface area (Å²) in [4.78, 5) is 0. The highest BCUT2D eigenvalue weighted by Crippen LogP contribution is 2.44. The fraction of sp³-hybridized carbons (Fsp3) is 0.0833. The molecule has 1 aliphatic rings. The van der Waals surface area contributed by atoms with Gasteiger partial charge in [0, 0.05) is 5.69 Å². The lowest BCUT2D eigenvalue weighted by Gasteiger charge is -2.16. The number of hydrogen-bond donors (Lipinski definition) is 0. The summed E-state index contributed by atoms with van der Waals surface area (Å²) in [6.07, 6.45) is 2.33. The highest BCUT2D eigenvalue weighted by molar-refractivity contribution is 5.82. The summed E-state index contributed by atoms with van der Waals surface area (Å²) >= 11 is 0. The van der Waals surface area contributed by atoms with Crippen molar-refractivity contribution in [2.24, 2.45) is 0 Å². The molecule has 1 aromatic heterocycles. The molecule has 5 rings (SSSR count). The van der Waals surface area contributed by atoms with Crippen LogP contribution < -0.4 is 0 Å². The monoisotopic (exact) mass is 321 g/mol. The largest absolute Gasteiger partial charge is 0.309 e. The first-order chi connectivity index (χ1) is 12.4. The Labute approximate surface area is 148 Å². The minimum atomic E-state index is 1.17. The van der Waals surface area contributed by atoms with Crippen LogP contribution in [0, 0.1) is 0 Å². The molecule has 0 saturated heterocycles. The number of rotatable bonds is 3. The van der Waals surface area contributed by atoms with Crippen molar-refractivity contribution in [1.82, 2.24) is 4.57 Å². The maximum Gasteiger partial charge on any atom is 0.0569 e. The molecule has 0 unspecified atom stereocenters. The van der Waals surface area contributed by atoms with E-state index in [1.807, 2.05) is 0 Å². The highest BCUT2D eigenvalue weighted by Gasteiger charge is 2.30. The van der Waals surface area contributed by atoms with E-state index in [1.165, 1.54) is 52.2 Å². The van der Waals surface area contributed by atoms with Gasteiger partial charge in [0.25, 0.3) is 0 Å². The molecule has 3 aromatic carbocycles. The summed E-state index contributed by atoms with van der Waals surface area (Å²) in [6, 6.07) is 32.3. The third kappa shape index (κ3) is 2.24. The molecule has 0 aliphatic heterocycles. The van der Waals surface area contributed by atoms with E-state index in [4.69, 9.17) is 0 Å².